The molecule has 2 aromatic heterocycles. The smallest absolute Gasteiger partial charge is 0.195 e. The first-order valence-electron chi connectivity index (χ1n) is 6.08. The van der Waals surface area contributed by atoms with Crippen LogP contribution >= 0.6 is 11.3 Å². The lowest BCUT2D eigenvalue weighted by Gasteiger charge is -2.20. The molecule has 0 aliphatic rings. The molecule has 2 heterocycles. The predicted molar refractivity (Wildman–Crippen MR) is 77.7 cm³/mol. The highest BCUT2D eigenvalue weighted by molar-refractivity contribution is 7.15. The number of imidazole rings is 1. The Kier molecular flexibility index (Phi) is 4.21. The fourth-order valence-electron chi connectivity index (χ4n) is 1.91. The summed E-state index contributed by atoms with van der Waals surface area (Å²) in [5.41, 5.74) is 1.23. The molecule has 2 rings (SSSR count). The van der Waals surface area contributed by atoms with E-state index in [4.69, 9.17) is 4.98 Å². The first-order valence-corrected chi connectivity index (χ1v) is 6.96. The number of likely N-dealkylation sites (N-methyl/N-ethyl adjacent to an activating group) is 2. The first kappa shape index (κ1) is 13.3. The second-order valence-corrected chi connectivity index (χ2v) is 5.57. The molecular formula is C12H21N5S. The van der Waals surface area contributed by atoms with Gasteiger partial charge < -0.3 is 15.1 Å². The Labute approximate surface area is 112 Å². The van der Waals surface area contributed by atoms with Crippen molar-refractivity contribution in [3.63, 3.8) is 0 Å². The van der Waals surface area contributed by atoms with Gasteiger partial charge >= 0.3 is 0 Å². The predicted octanol–water partition coefficient (Wildman–Crippen LogP) is 1.11. The van der Waals surface area contributed by atoms with Crippen LogP contribution in [0.3, 0.4) is 0 Å². The van der Waals surface area contributed by atoms with Gasteiger partial charge in [0.05, 0.1) is 5.69 Å². The van der Waals surface area contributed by atoms with E-state index in [1.54, 1.807) is 11.3 Å². The molecule has 100 valence electrons. The molecule has 2 aromatic rings. The number of nitrogens with one attached hydrogen (secondary N) is 1. The Hall–Kier alpha value is -1.11. The summed E-state index contributed by atoms with van der Waals surface area (Å²) in [7, 11) is 8.26. The molecule has 0 saturated carbocycles. The lowest BCUT2D eigenvalue weighted by molar-refractivity contribution is 0.416. The van der Waals surface area contributed by atoms with Crippen molar-refractivity contribution in [3.05, 3.63) is 17.3 Å². The fraction of sp³-hybridized carbons (Fsp3) is 0.583. The molecule has 0 atom stereocenters. The summed E-state index contributed by atoms with van der Waals surface area (Å²) in [6.45, 7) is 2.84. The maximum atomic E-state index is 4.72. The van der Waals surface area contributed by atoms with Crippen molar-refractivity contribution in [2.75, 3.05) is 46.2 Å². The average molecular weight is 267 g/mol. The molecule has 0 spiro atoms. The molecule has 18 heavy (non-hydrogen) atoms. The molecule has 0 radical (unpaired) electrons. The van der Waals surface area contributed by atoms with Crippen LogP contribution in [0, 0.1) is 0 Å². The third-order valence-electron chi connectivity index (χ3n) is 2.93. The number of rotatable bonds is 6. The van der Waals surface area contributed by atoms with Crippen molar-refractivity contribution in [1.82, 2.24) is 19.6 Å². The summed E-state index contributed by atoms with van der Waals surface area (Å²) in [5.74, 6) is 1.08. The molecular weight excluding hydrogens is 246 g/mol. The van der Waals surface area contributed by atoms with E-state index in [0.29, 0.717) is 0 Å². The molecule has 0 saturated heterocycles. The Balaban J connectivity index is 2.25. The number of fused-ring (bicyclic) bond motifs is 1. The Morgan fingerprint density at radius 2 is 2.11 bits per heavy atom. The van der Waals surface area contributed by atoms with Crippen molar-refractivity contribution >= 4 is 22.1 Å². The van der Waals surface area contributed by atoms with Gasteiger partial charge in [-0.25, -0.2) is 4.98 Å². The van der Waals surface area contributed by atoms with E-state index in [0.717, 1.165) is 30.4 Å². The number of hydrogen-bond acceptors (Lipinski definition) is 5. The summed E-state index contributed by atoms with van der Waals surface area (Å²) in [6, 6.07) is 0. The SMILES string of the molecule is CNCc1c(N(C)CCN(C)C)nc2sccn12. The Morgan fingerprint density at radius 3 is 2.78 bits per heavy atom. The van der Waals surface area contributed by atoms with Crippen LogP contribution in [0.2, 0.25) is 0 Å². The zero-order valence-corrected chi connectivity index (χ0v) is 12.3. The maximum absolute atomic E-state index is 4.72. The van der Waals surface area contributed by atoms with Gasteiger partial charge in [-0.2, -0.15) is 0 Å². The van der Waals surface area contributed by atoms with E-state index >= 15 is 0 Å². The van der Waals surface area contributed by atoms with Gasteiger partial charge in [0.2, 0.25) is 0 Å². The number of nitrogens with zero attached hydrogens (tertiary/aromatic N) is 4. The van der Waals surface area contributed by atoms with Crippen molar-refractivity contribution < 1.29 is 0 Å². The molecule has 0 fully saturated rings. The van der Waals surface area contributed by atoms with E-state index in [1.807, 2.05) is 7.05 Å². The Bertz CT molecular complexity index is 502. The number of hydrogen-bond donors (Lipinski definition) is 1. The van der Waals surface area contributed by atoms with Crippen LogP contribution in [0.1, 0.15) is 5.69 Å². The summed E-state index contributed by atoms with van der Waals surface area (Å²) >= 11 is 1.68. The minimum Gasteiger partial charge on any atom is -0.357 e. The van der Waals surface area contributed by atoms with Crippen molar-refractivity contribution in [1.29, 1.82) is 0 Å². The summed E-state index contributed by atoms with van der Waals surface area (Å²) < 4.78 is 2.17. The minimum absolute atomic E-state index is 0.833. The monoisotopic (exact) mass is 267 g/mol. The molecule has 0 unspecified atom stereocenters. The molecule has 0 aromatic carbocycles. The largest absolute Gasteiger partial charge is 0.357 e. The van der Waals surface area contributed by atoms with Gasteiger partial charge in [-0.15, -0.1) is 11.3 Å². The molecule has 0 amide bonds. The van der Waals surface area contributed by atoms with E-state index < -0.39 is 0 Å². The van der Waals surface area contributed by atoms with Crippen LogP contribution in [0.25, 0.3) is 4.96 Å². The maximum Gasteiger partial charge on any atom is 0.195 e. The van der Waals surface area contributed by atoms with Gasteiger partial charge in [-0.3, -0.25) is 4.40 Å². The van der Waals surface area contributed by atoms with Crippen LogP contribution < -0.4 is 10.2 Å². The second-order valence-electron chi connectivity index (χ2n) is 4.69. The standard InChI is InChI=1S/C12H21N5S/c1-13-9-10-11(16(4)6-5-15(2)3)14-12-17(10)7-8-18-12/h7-8,13H,5-6,9H2,1-4H3. The highest BCUT2D eigenvalue weighted by Crippen LogP contribution is 2.23. The second kappa shape index (κ2) is 5.69. The number of thiazole rings is 1. The number of aromatic nitrogens is 2. The van der Waals surface area contributed by atoms with E-state index in [9.17, 15) is 0 Å². The fourth-order valence-corrected chi connectivity index (χ4v) is 2.64. The van der Waals surface area contributed by atoms with Gasteiger partial charge in [-0.1, -0.05) is 0 Å². The third kappa shape index (κ3) is 2.66. The van der Waals surface area contributed by atoms with Crippen LogP contribution in [0.4, 0.5) is 5.82 Å². The summed E-state index contributed by atoms with van der Waals surface area (Å²) in [4.78, 5) is 10.2. The lowest BCUT2D eigenvalue weighted by Crippen LogP contribution is -2.29. The van der Waals surface area contributed by atoms with Crippen molar-refractivity contribution in [2.24, 2.45) is 0 Å². The first-order chi connectivity index (χ1) is 8.63. The van der Waals surface area contributed by atoms with Crippen molar-refractivity contribution in [2.45, 2.75) is 6.54 Å². The normalized spacial score (nSPS) is 11.6. The van der Waals surface area contributed by atoms with Crippen LogP contribution in [-0.2, 0) is 6.54 Å². The lowest BCUT2D eigenvalue weighted by atomic mass is 10.3. The average Bonchev–Trinajstić information content (AvgIpc) is 2.89. The van der Waals surface area contributed by atoms with Crippen LogP contribution in [0.15, 0.2) is 11.6 Å². The van der Waals surface area contributed by atoms with Crippen molar-refractivity contribution in [3.8, 4) is 0 Å². The quantitative estimate of drug-likeness (QED) is 0.850. The highest BCUT2D eigenvalue weighted by atomic mass is 32.1. The van der Waals surface area contributed by atoms with Gasteiger partial charge in [0.25, 0.3) is 0 Å². The van der Waals surface area contributed by atoms with Crippen LogP contribution in [0.5, 0.6) is 0 Å². The van der Waals surface area contributed by atoms with E-state index in [1.165, 1.54) is 5.69 Å². The van der Waals surface area contributed by atoms with E-state index in [-0.39, 0.29) is 0 Å². The topological polar surface area (TPSA) is 35.8 Å². The zero-order valence-electron chi connectivity index (χ0n) is 11.5. The van der Waals surface area contributed by atoms with E-state index in [2.05, 4.69) is 52.2 Å². The molecule has 0 aliphatic carbocycles. The molecule has 1 N–H and O–H groups in total. The number of anilines is 1. The van der Waals surface area contributed by atoms with Crippen LogP contribution in [-0.4, -0.2) is 55.6 Å². The van der Waals surface area contributed by atoms with Gasteiger partial charge in [0.15, 0.2) is 10.8 Å². The van der Waals surface area contributed by atoms with Gasteiger partial charge in [0, 0.05) is 38.3 Å². The Morgan fingerprint density at radius 1 is 1.33 bits per heavy atom. The zero-order chi connectivity index (χ0) is 13.1. The van der Waals surface area contributed by atoms with Gasteiger partial charge in [-0.05, 0) is 21.1 Å². The molecule has 5 nitrogen and oxygen atoms in total. The molecule has 6 heteroatoms. The molecule has 0 bridgehead atoms. The molecule has 0 aliphatic heterocycles. The minimum atomic E-state index is 0.833. The third-order valence-corrected chi connectivity index (χ3v) is 3.68. The van der Waals surface area contributed by atoms with Gasteiger partial charge in [0.1, 0.15) is 0 Å². The highest BCUT2D eigenvalue weighted by Gasteiger charge is 2.15. The summed E-state index contributed by atoms with van der Waals surface area (Å²) in [5, 5.41) is 5.29. The summed E-state index contributed by atoms with van der Waals surface area (Å²) in [6.07, 6.45) is 2.09.